The number of carbonyl (C=O) groups is 1. The van der Waals surface area contributed by atoms with E-state index < -0.39 is 11.9 Å². The third-order valence-electron chi connectivity index (χ3n) is 3.00. The number of hydrogen-bond acceptors (Lipinski definition) is 3. The number of halogens is 1. The summed E-state index contributed by atoms with van der Waals surface area (Å²) < 4.78 is 5.14. The quantitative estimate of drug-likeness (QED) is 0.837. The molecule has 1 atom stereocenters. The molecule has 0 spiro atoms. The van der Waals surface area contributed by atoms with E-state index in [0.29, 0.717) is 23.2 Å². The highest BCUT2D eigenvalue weighted by molar-refractivity contribution is 6.32. The molecule has 0 aliphatic carbocycles. The van der Waals surface area contributed by atoms with Gasteiger partial charge in [-0.05, 0) is 24.1 Å². The van der Waals surface area contributed by atoms with E-state index in [9.17, 15) is 4.79 Å². The Morgan fingerprint density at radius 2 is 2.00 bits per heavy atom. The lowest BCUT2D eigenvalue weighted by atomic mass is 10.1. The van der Waals surface area contributed by atoms with E-state index in [0.717, 1.165) is 12.2 Å². The summed E-state index contributed by atoms with van der Waals surface area (Å²) in [6.45, 7) is 7.14. The molecule has 0 aliphatic heterocycles. The molecule has 0 fully saturated rings. The van der Waals surface area contributed by atoms with Crippen molar-refractivity contribution in [1.82, 2.24) is 0 Å². The van der Waals surface area contributed by atoms with E-state index in [2.05, 4.69) is 18.7 Å². The molecule has 1 aromatic rings. The summed E-state index contributed by atoms with van der Waals surface area (Å²) in [6, 6.07) is 5.52. The SMILES string of the molecule is COc1ccc(N(CC(C)C)CC(C)C(=O)O)cc1Cl. The van der Waals surface area contributed by atoms with E-state index in [4.69, 9.17) is 21.4 Å². The monoisotopic (exact) mass is 299 g/mol. The van der Waals surface area contributed by atoms with Crippen LogP contribution in [-0.4, -0.2) is 31.3 Å². The van der Waals surface area contributed by atoms with Crippen LogP contribution >= 0.6 is 11.6 Å². The number of hydrogen-bond donors (Lipinski definition) is 1. The zero-order valence-electron chi connectivity index (χ0n) is 12.4. The number of carboxylic acids is 1. The lowest BCUT2D eigenvalue weighted by Crippen LogP contribution is -2.34. The molecule has 0 bridgehead atoms. The minimum atomic E-state index is -0.793. The number of methoxy groups -OCH3 is 1. The molecule has 4 nitrogen and oxygen atoms in total. The highest BCUT2D eigenvalue weighted by Crippen LogP contribution is 2.29. The van der Waals surface area contributed by atoms with Gasteiger partial charge in [-0.2, -0.15) is 0 Å². The molecule has 0 saturated heterocycles. The van der Waals surface area contributed by atoms with Gasteiger partial charge in [0, 0.05) is 18.8 Å². The van der Waals surface area contributed by atoms with Crippen molar-refractivity contribution in [3.8, 4) is 5.75 Å². The van der Waals surface area contributed by atoms with Crippen molar-refractivity contribution in [3.63, 3.8) is 0 Å². The molecular weight excluding hydrogens is 278 g/mol. The van der Waals surface area contributed by atoms with Crippen molar-refractivity contribution < 1.29 is 14.6 Å². The molecule has 0 heterocycles. The minimum Gasteiger partial charge on any atom is -0.495 e. The lowest BCUT2D eigenvalue weighted by molar-refractivity contribution is -0.140. The van der Waals surface area contributed by atoms with Crippen LogP contribution in [0.5, 0.6) is 5.75 Å². The Morgan fingerprint density at radius 3 is 2.45 bits per heavy atom. The summed E-state index contributed by atoms with van der Waals surface area (Å²) in [5, 5.41) is 9.61. The van der Waals surface area contributed by atoms with Crippen molar-refractivity contribution in [2.24, 2.45) is 11.8 Å². The summed E-state index contributed by atoms with van der Waals surface area (Å²) in [7, 11) is 1.57. The van der Waals surface area contributed by atoms with E-state index in [1.165, 1.54) is 0 Å². The molecule has 0 saturated carbocycles. The molecule has 0 aliphatic rings. The van der Waals surface area contributed by atoms with Crippen LogP contribution in [0, 0.1) is 11.8 Å². The molecule has 1 aromatic carbocycles. The fraction of sp³-hybridized carbons (Fsp3) is 0.533. The molecule has 0 aromatic heterocycles. The molecule has 0 radical (unpaired) electrons. The van der Waals surface area contributed by atoms with Gasteiger partial charge < -0.3 is 14.7 Å². The normalized spacial score (nSPS) is 12.3. The number of ether oxygens (including phenoxy) is 1. The van der Waals surface area contributed by atoms with E-state index >= 15 is 0 Å². The first-order chi connectivity index (χ1) is 9.35. The van der Waals surface area contributed by atoms with E-state index in [-0.39, 0.29) is 0 Å². The van der Waals surface area contributed by atoms with Gasteiger partial charge in [-0.3, -0.25) is 4.79 Å². The van der Waals surface area contributed by atoms with Crippen molar-refractivity contribution in [1.29, 1.82) is 0 Å². The first-order valence-electron chi connectivity index (χ1n) is 6.66. The van der Waals surface area contributed by atoms with Crippen molar-refractivity contribution in [3.05, 3.63) is 23.2 Å². The third kappa shape index (κ3) is 4.60. The number of aliphatic carboxylic acids is 1. The molecule has 5 heteroatoms. The maximum atomic E-state index is 11.0. The highest BCUT2D eigenvalue weighted by Gasteiger charge is 2.18. The van der Waals surface area contributed by atoms with Gasteiger partial charge in [0.1, 0.15) is 5.75 Å². The Morgan fingerprint density at radius 1 is 1.35 bits per heavy atom. The number of anilines is 1. The zero-order chi connectivity index (χ0) is 15.3. The van der Waals surface area contributed by atoms with Crippen LogP contribution in [0.2, 0.25) is 5.02 Å². The van der Waals surface area contributed by atoms with E-state index in [1.54, 1.807) is 20.1 Å². The number of benzene rings is 1. The summed E-state index contributed by atoms with van der Waals surface area (Å²) in [4.78, 5) is 13.1. The van der Waals surface area contributed by atoms with Gasteiger partial charge in [-0.1, -0.05) is 32.4 Å². The number of rotatable bonds is 7. The van der Waals surface area contributed by atoms with Crippen LogP contribution in [0.4, 0.5) is 5.69 Å². The molecule has 1 rings (SSSR count). The van der Waals surface area contributed by atoms with Crippen LogP contribution in [-0.2, 0) is 4.79 Å². The van der Waals surface area contributed by atoms with Gasteiger partial charge in [0.05, 0.1) is 18.1 Å². The van der Waals surface area contributed by atoms with Crippen LogP contribution in [0.25, 0.3) is 0 Å². The highest BCUT2D eigenvalue weighted by atomic mass is 35.5. The second-order valence-electron chi connectivity index (χ2n) is 5.36. The molecule has 20 heavy (non-hydrogen) atoms. The number of carboxylic acid groups (broad SMARTS) is 1. The summed E-state index contributed by atoms with van der Waals surface area (Å²) in [6.07, 6.45) is 0. The van der Waals surface area contributed by atoms with Gasteiger partial charge in [-0.15, -0.1) is 0 Å². The molecule has 1 N–H and O–H groups in total. The lowest BCUT2D eigenvalue weighted by Gasteiger charge is -2.28. The zero-order valence-corrected chi connectivity index (χ0v) is 13.1. The van der Waals surface area contributed by atoms with Crippen LogP contribution in [0.15, 0.2) is 18.2 Å². The summed E-state index contributed by atoms with van der Waals surface area (Å²) in [5.41, 5.74) is 0.914. The Balaban J connectivity index is 2.97. The smallest absolute Gasteiger partial charge is 0.308 e. The fourth-order valence-corrected chi connectivity index (χ4v) is 2.24. The second-order valence-corrected chi connectivity index (χ2v) is 5.76. The first-order valence-corrected chi connectivity index (χ1v) is 7.04. The van der Waals surface area contributed by atoms with Gasteiger partial charge in [0.25, 0.3) is 0 Å². The van der Waals surface area contributed by atoms with Gasteiger partial charge >= 0.3 is 5.97 Å². The molecular formula is C15H22ClNO3. The largest absolute Gasteiger partial charge is 0.495 e. The fourth-order valence-electron chi connectivity index (χ4n) is 1.99. The van der Waals surface area contributed by atoms with Gasteiger partial charge in [-0.25, -0.2) is 0 Å². The average Bonchev–Trinajstić information content (AvgIpc) is 2.37. The van der Waals surface area contributed by atoms with Gasteiger partial charge in [0.2, 0.25) is 0 Å². The topological polar surface area (TPSA) is 49.8 Å². The van der Waals surface area contributed by atoms with Crippen LogP contribution in [0.3, 0.4) is 0 Å². The van der Waals surface area contributed by atoms with Gasteiger partial charge in [0.15, 0.2) is 0 Å². The first kappa shape index (κ1) is 16.6. The van der Waals surface area contributed by atoms with Crippen LogP contribution < -0.4 is 9.64 Å². The van der Waals surface area contributed by atoms with Crippen molar-refractivity contribution in [2.75, 3.05) is 25.1 Å². The summed E-state index contributed by atoms with van der Waals surface area (Å²) >= 11 is 6.14. The average molecular weight is 300 g/mol. The standard InChI is InChI=1S/C15H22ClNO3/c1-10(2)8-17(9-11(3)15(18)19)12-5-6-14(20-4)13(16)7-12/h5-7,10-11H,8-9H2,1-4H3,(H,18,19). The van der Waals surface area contributed by atoms with E-state index in [1.807, 2.05) is 12.1 Å². The molecule has 1 unspecified atom stereocenters. The van der Waals surface area contributed by atoms with Crippen molar-refractivity contribution in [2.45, 2.75) is 20.8 Å². The molecule has 112 valence electrons. The predicted molar refractivity (Wildman–Crippen MR) is 81.9 cm³/mol. The molecule has 0 amide bonds. The third-order valence-corrected chi connectivity index (χ3v) is 3.30. The second kappa shape index (κ2) is 7.39. The Kier molecular flexibility index (Phi) is 6.14. The van der Waals surface area contributed by atoms with Crippen LogP contribution in [0.1, 0.15) is 20.8 Å². The number of nitrogens with zero attached hydrogens (tertiary/aromatic N) is 1. The predicted octanol–water partition coefficient (Wildman–Crippen LogP) is 3.53. The summed E-state index contributed by atoms with van der Waals surface area (Å²) in [5.74, 6) is -0.184. The maximum absolute atomic E-state index is 11.0. The Bertz CT molecular complexity index is 462. The Hall–Kier alpha value is -1.42. The Labute approximate surface area is 125 Å². The maximum Gasteiger partial charge on any atom is 0.308 e. The van der Waals surface area contributed by atoms with Crippen molar-refractivity contribution >= 4 is 23.3 Å². The minimum absolute atomic E-state index is 0.428.